The summed E-state index contributed by atoms with van der Waals surface area (Å²) in [5.41, 5.74) is 6.95. The molecule has 0 aliphatic carbocycles. The van der Waals surface area contributed by atoms with Crippen LogP contribution in [0.25, 0.3) is 0 Å². The Morgan fingerprint density at radius 2 is 2.06 bits per heavy atom. The van der Waals surface area contributed by atoms with E-state index in [9.17, 15) is 4.39 Å². The van der Waals surface area contributed by atoms with Crippen molar-refractivity contribution in [3.05, 3.63) is 45.7 Å². The minimum Gasteiger partial charge on any atom is -0.324 e. The van der Waals surface area contributed by atoms with Crippen LogP contribution in [0.15, 0.2) is 24.3 Å². The Hall–Kier alpha value is -0.280. The van der Waals surface area contributed by atoms with Gasteiger partial charge in [0.05, 0.1) is 10.0 Å². The molecule has 5 heteroatoms. The van der Waals surface area contributed by atoms with Gasteiger partial charge in [0.2, 0.25) is 0 Å². The predicted octanol–water partition coefficient (Wildman–Crippen LogP) is 4.52. The molecule has 0 aliphatic heterocycles. The fourth-order valence-corrected chi connectivity index (χ4v) is 1.82. The van der Waals surface area contributed by atoms with Crippen LogP contribution in [0.5, 0.6) is 0 Å². The Bertz CT molecular complexity index is 393. The molecule has 2 N–H and O–H groups in total. The zero-order valence-electron chi connectivity index (χ0n) is 8.77. The highest BCUT2D eigenvalue weighted by Crippen LogP contribution is 2.33. The van der Waals surface area contributed by atoms with Gasteiger partial charge in [0, 0.05) is 11.6 Å². The Kier molecular flexibility index (Phi) is 6.34. The molecule has 0 aromatic heterocycles. The van der Waals surface area contributed by atoms with Crippen molar-refractivity contribution in [2.24, 2.45) is 5.73 Å². The van der Waals surface area contributed by atoms with Crippen LogP contribution in [-0.4, -0.2) is 0 Å². The van der Waals surface area contributed by atoms with Gasteiger partial charge in [-0.2, -0.15) is 0 Å². The van der Waals surface area contributed by atoms with Gasteiger partial charge in [0.25, 0.3) is 0 Å². The van der Waals surface area contributed by atoms with E-state index in [1.165, 1.54) is 12.1 Å². The summed E-state index contributed by atoms with van der Waals surface area (Å²) in [6.07, 6.45) is 0.483. The van der Waals surface area contributed by atoms with Crippen molar-refractivity contribution >= 4 is 35.6 Å². The highest BCUT2D eigenvalue weighted by Gasteiger charge is 2.17. The molecule has 1 atom stereocenters. The summed E-state index contributed by atoms with van der Waals surface area (Å²) in [4.78, 5) is 0. The second-order valence-electron chi connectivity index (χ2n) is 3.52. The first kappa shape index (κ1) is 15.7. The van der Waals surface area contributed by atoms with Gasteiger partial charge in [-0.1, -0.05) is 28.8 Å². The maximum Gasteiger partial charge on any atom is 0.129 e. The second kappa shape index (κ2) is 6.45. The molecule has 0 saturated heterocycles. The van der Waals surface area contributed by atoms with E-state index in [-0.39, 0.29) is 23.0 Å². The summed E-state index contributed by atoms with van der Waals surface area (Å²) < 4.78 is 13.5. The van der Waals surface area contributed by atoms with Crippen LogP contribution < -0.4 is 5.73 Å². The molecular weight excluding hydrogens is 271 g/mol. The van der Waals surface area contributed by atoms with Crippen molar-refractivity contribution in [2.75, 3.05) is 0 Å². The first-order valence-electron chi connectivity index (χ1n) is 4.46. The summed E-state index contributed by atoms with van der Waals surface area (Å²) in [6, 6.07) is 2.17. The van der Waals surface area contributed by atoms with Crippen molar-refractivity contribution in [1.29, 1.82) is 0 Å². The molecule has 0 radical (unpaired) electrons. The van der Waals surface area contributed by atoms with E-state index in [0.29, 0.717) is 11.4 Å². The highest BCUT2D eigenvalue weighted by molar-refractivity contribution is 6.42. The molecule has 16 heavy (non-hydrogen) atoms. The van der Waals surface area contributed by atoms with Crippen molar-refractivity contribution in [3.8, 4) is 0 Å². The first-order chi connectivity index (χ1) is 6.93. The van der Waals surface area contributed by atoms with Crippen LogP contribution in [0.3, 0.4) is 0 Å². The van der Waals surface area contributed by atoms with Crippen LogP contribution in [0, 0.1) is 5.82 Å². The van der Waals surface area contributed by atoms with Crippen molar-refractivity contribution in [2.45, 2.75) is 19.4 Å². The van der Waals surface area contributed by atoms with E-state index in [0.717, 1.165) is 5.57 Å². The van der Waals surface area contributed by atoms with Gasteiger partial charge in [-0.3, -0.25) is 0 Å². The molecule has 90 valence electrons. The van der Waals surface area contributed by atoms with Gasteiger partial charge in [0.15, 0.2) is 0 Å². The van der Waals surface area contributed by atoms with Crippen LogP contribution in [0.1, 0.15) is 24.9 Å². The molecule has 0 saturated carbocycles. The van der Waals surface area contributed by atoms with Gasteiger partial charge in [-0.25, -0.2) is 4.39 Å². The standard InChI is InChI=1S/C11H12Cl2FN.ClH/c1-6(2)5-9(15)10-8(14)4-3-7(12)11(10)13;/h3-4,9H,1,5,15H2,2H3;1H/t9-;/m1./s1. The number of benzene rings is 1. The average molecular weight is 285 g/mol. The predicted molar refractivity (Wildman–Crippen MR) is 70.0 cm³/mol. The number of rotatable bonds is 3. The SMILES string of the molecule is C=C(C)C[C@@H](N)c1c(F)ccc(Cl)c1Cl.Cl. The monoisotopic (exact) mass is 283 g/mol. The lowest BCUT2D eigenvalue weighted by molar-refractivity contribution is 0.580. The van der Waals surface area contributed by atoms with Gasteiger partial charge >= 0.3 is 0 Å². The van der Waals surface area contributed by atoms with Crippen LogP contribution in [0.4, 0.5) is 4.39 Å². The Morgan fingerprint density at radius 1 is 1.50 bits per heavy atom. The lowest BCUT2D eigenvalue weighted by atomic mass is 10.0. The molecule has 0 fully saturated rings. The summed E-state index contributed by atoms with van der Waals surface area (Å²) in [5, 5.41) is 0.496. The molecule has 0 heterocycles. The average Bonchev–Trinajstić information content (AvgIpc) is 2.11. The summed E-state index contributed by atoms with van der Waals surface area (Å²) in [7, 11) is 0. The number of nitrogens with two attached hydrogens (primary N) is 1. The quantitative estimate of drug-likeness (QED) is 0.641. The highest BCUT2D eigenvalue weighted by atomic mass is 35.5. The van der Waals surface area contributed by atoms with E-state index in [1.54, 1.807) is 0 Å². The molecule has 0 aliphatic rings. The van der Waals surface area contributed by atoms with Gasteiger partial charge in [0.1, 0.15) is 5.82 Å². The van der Waals surface area contributed by atoms with E-state index in [4.69, 9.17) is 28.9 Å². The summed E-state index contributed by atoms with van der Waals surface area (Å²) in [6.45, 7) is 5.55. The normalized spacial score (nSPS) is 11.8. The third kappa shape index (κ3) is 3.63. The van der Waals surface area contributed by atoms with Crippen molar-refractivity contribution in [3.63, 3.8) is 0 Å². The lowest BCUT2D eigenvalue weighted by Gasteiger charge is -2.15. The van der Waals surface area contributed by atoms with Gasteiger partial charge in [-0.05, 0) is 25.5 Å². The second-order valence-corrected chi connectivity index (χ2v) is 4.31. The number of hydrogen-bond acceptors (Lipinski definition) is 1. The van der Waals surface area contributed by atoms with E-state index < -0.39 is 11.9 Å². The third-order valence-electron chi connectivity index (χ3n) is 2.02. The molecular formula is C11H13Cl3FN. The molecule has 0 bridgehead atoms. The zero-order chi connectivity index (χ0) is 11.6. The van der Waals surface area contributed by atoms with Crippen LogP contribution in [-0.2, 0) is 0 Å². The molecule has 0 amide bonds. The number of hydrogen-bond donors (Lipinski definition) is 1. The molecule has 1 nitrogen and oxygen atoms in total. The maximum atomic E-state index is 13.5. The fourth-order valence-electron chi connectivity index (χ4n) is 1.36. The van der Waals surface area contributed by atoms with Crippen LogP contribution >= 0.6 is 35.6 Å². The largest absolute Gasteiger partial charge is 0.324 e. The van der Waals surface area contributed by atoms with Crippen LogP contribution in [0.2, 0.25) is 10.0 Å². The summed E-state index contributed by atoms with van der Waals surface area (Å²) in [5.74, 6) is -0.432. The minimum absolute atomic E-state index is 0. The Balaban J connectivity index is 0.00000225. The van der Waals surface area contributed by atoms with E-state index in [1.807, 2.05) is 6.92 Å². The molecule has 1 aromatic rings. The first-order valence-corrected chi connectivity index (χ1v) is 5.22. The van der Waals surface area contributed by atoms with E-state index >= 15 is 0 Å². The lowest BCUT2D eigenvalue weighted by Crippen LogP contribution is -2.13. The van der Waals surface area contributed by atoms with Gasteiger partial charge in [-0.15, -0.1) is 19.0 Å². The molecule has 0 spiro atoms. The topological polar surface area (TPSA) is 26.0 Å². The smallest absolute Gasteiger partial charge is 0.129 e. The minimum atomic E-state index is -0.506. The van der Waals surface area contributed by atoms with Crippen molar-refractivity contribution in [1.82, 2.24) is 0 Å². The molecule has 1 aromatic carbocycles. The molecule has 0 unspecified atom stereocenters. The Morgan fingerprint density at radius 3 is 2.56 bits per heavy atom. The van der Waals surface area contributed by atoms with Gasteiger partial charge < -0.3 is 5.73 Å². The fraction of sp³-hybridized carbons (Fsp3) is 0.273. The van der Waals surface area contributed by atoms with Crippen molar-refractivity contribution < 1.29 is 4.39 Å². The Labute approximate surface area is 111 Å². The zero-order valence-corrected chi connectivity index (χ0v) is 11.1. The number of halogens is 4. The summed E-state index contributed by atoms with van der Waals surface area (Å²) >= 11 is 11.7. The molecule has 1 rings (SSSR count). The maximum absolute atomic E-state index is 13.5. The third-order valence-corrected chi connectivity index (χ3v) is 2.84. The van der Waals surface area contributed by atoms with E-state index in [2.05, 4.69) is 6.58 Å².